The Kier molecular flexibility index (Phi) is 2.00. The maximum absolute atomic E-state index is 11.1. The molecule has 0 saturated carbocycles. The molecular formula is C11H10O3. The van der Waals surface area contributed by atoms with Crippen LogP contribution >= 0.6 is 0 Å². The van der Waals surface area contributed by atoms with Gasteiger partial charge in [-0.15, -0.1) is 0 Å². The van der Waals surface area contributed by atoms with Gasteiger partial charge in [0, 0.05) is 6.07 Å². The second kappa shape index (κ2) is 3.18. The Labute approximate surface area is 80.9 Å². The van der Waals surface area contributed by atoms with Gasteiger partial charge in [-0.25, -0.2) is 4.79 Å². The molecule has 3 nitrogen and oxygen atoms in total. The maximum atomic E-state index is 11.1. The standard InChI is InChI=1S/C11H10O3/c1-7-6-10(12)14-9-5-3-4-8(13-2)11(7)9/h3-6H,1-2H3. The highest BCUT2D eigenvalue weighted by Crippen LogP contribution is 2.26. The quantitative estimate of drug-likeness (QED) is 0.646. The second-order valence-electron chi connectivity index (χ2n) is 3.08. The van der Waals surface area contributed by atoms with Crippen molar-refractivity contribution in [2.45, 2.75) is 6.92 Å². The van der Waals surface area contributed by atoms with Gasteiger partial charge in [-0.1, -0.05) is 6.07 Å². The number of benzene rings is 1. The topological polar surface area (TPSA) is 39.4 Å². The fourth-order valence-electron chi connectivity index (χ4n) is 1.54. The van der Waals surface area contributed by atoms with Gasteiger partial charge in [0.15, 0.2) is 0 Å². The first-order chi connectivity index (χ1) is 6.72. The van der Waals surface area contributed by atoms with Gasteiger partial charge in [0.2, 0.25) is 0 Å². The number of hydrogen-bond donors (Lipinski definition) is 0. The minimum absolute atomic E-state index is 0.330. The summed E-state index contributed by atoms with van der Waals surface area (Å²) in [5, 5.41) is 0.856. The fourth-order valence-corrected chi connectivity index (χ4v) is 1.54. The minimum Gasteiger partial charge on any atom is -0.496 e. The zero-order valence-corrected chi connectivity index (χ0v) is 8.03. The lowest BCUT2D eigenvalue weighted by atomic mass is 10.1. The smallest absolute Gasteiger partial charge is 0.336 e. The van der Waals surface area contributed by atoms with Gasteiger partial charge in [0.25, 0.3) is 0 Å². The summed E-state index contributed by atoms with van der Waals surface area (Å²) in [5.41, 5.74) is 1.10. The summed E-state index contributed by atoms with van der Waals surface area (Å²) in [5.74, 6) is 0.726. The molecular weight excluding hydrogens is 180 g/mol. The highest BCUT2D eigenvalue weighted by Gasteiger charge is 2.06. The monoisotopic (exact) mass is 190 g/mol. The normalized spacial score (nSPS) is 10.4. The number of hydrogen-bond acceptors (Lipinski definition) is 3. The average molecular weight is 190 g/mol. The van der Waals surface area contributed by atoms with E-state index in [1.165, 1.54) is 6.07 Å². The van der Waals surface area contributed by atoms with E-state index in [2.05, 4.69) is 0 Å². The summed E-state index contributed by atoms with van der Waals surface area (Å²) in [6.45, 7) is 1.86. The highest BCUT2D eigenvalue weighted by molar-refractivity contribution is 5.86. The molecule has 1 heterocycles. The highest BCUT2D eigenvalue weighted by atomic mass is 16.5. The van der Waals surface area contributed by atoms with Crippen molar-refractivity contribution in [2.24, 2.45) is 0 Å². The lowest BCUT2D eigenvalue weighted by Crippen LogP contribution is -1.98. The SMILES string of the molecule is COc1cccc2oc(=O)cc(C)c12. The van der Waals surface area contributed by atoms with Gasteiger partial charge in [0.05, 0.1) is 12.5 Å². The first kappa shape index (κ1) is 8.81. The number of aryl methyl sites for hydroxylation is 1. The summed E-state index contributed by atoms with van der Waals surface area (Å²) >= 11 is 0. The third kappa shape index (κ3) is 1.27. The molecule has 1 aromatic heterocycles. The molecule has 0 amide bonds. The van der Waals surface area contributed by atoms with Crippen molar-refractivity contribution in [1.82, 2.24) is 0 Å². The van der Waals surface area contributed by atoms with E-state index in [9.17, 15) is 4.79 Å². The minimum atomic E-state index is -0.330. The molecule has 2 rings (SSSR count). The van der Waals surface area contributed by atoms with E-state index in [1.807, 2.05) is 13.0 Å². The van der Waals surface area contributed by atoms with E-state index in [1.54, 1.807) is 19.2 Å². The van der Waals surface area contributed by atoms with Crippen LogP contribution in [-0.4, -0.2) is 7.11 Å². The molecule has 0 radical (unpaired) electrons. The van der Waals surface area contributed by atoms with E-state index in [0.29, 0.717) is 5.58 Å². The van der Waals surface area contributed by atoms with Gasteiger partial charge in [-0.05, 0) is 24.6 Å². The number of fused-ring (bicyclic) bond motifs is 1. The van der Waals surface area contributed by atoms with E-state index in [4.69, 9.17) is 9.15 Å². The largest absolute Gasteiger partial charge is 0.496 e. The Morgan fingerprint density at radius 2 is 2.14 bits per heavy atom. The molecule has 1 aromatic carbocycles. The predicted octanol–water partition coefficient (Wildman–Crippen LogP) is 2.11. The molecule has 0 fully saturated rings. The molecule has 72 valence electrons. The molecule has 0 aliphatic rings. The van der Waals surface area contributed by atoms with E-state index in [0.717, 1.165) is 16.7 Å². The van der Waals surface area contributed by atoms with Crippen LogP contribution < -0.4 is 10.4 Å². The summed E-state index contributed by atoms with van der Waals surface area (Å²) in [4.78, 5) is 11.1. The molecule has 0 saturated heterocycles. The van der Waals surface area contributed by atoms with Gasteiger partial charge in [-0.2, -0.15) is 0 Å². The summed E-state index contributed by atoms with van der Waals surface area (Å²) in [7, 11) is 1.60. The lowest BCUT2D eigenvalue weighted by Gasteiger charge is -2.05. The van der Waals surface area contributed by atoms with Gasteiger partial charge >= 0.3 is 5.63 Å². The molecule has 0 atom stereocenters. The molecule has 0 N–H and O–H groups in total. The molecule has 2 aromatic rings. The van der Waals surface area contributed by atoms with E-state index in [-0.39, 0.29) is 5.63 Å². The Morgan fingerprint density at radius 3 is 2.86 bits per heavy atom. The van der Waals surface area contributed by atoms with Gasteiger partial charge in [0.1, 0.15) is 11.3 Å². The molecule has 0 aliphatic heterocycles. The molecule has 0 unspecified atom stereocenters. The van der Waals surface area contributed by atoms with Crippen LogP contribution in [0.1, 0.15) is 5.56 Å². The summed E-state index contributed by atoms with van der Waals surface area (Å²) in [6.07, 6.45) is 0. The Bertz CT molecular complexity index is 526. The predicted molar refractivity (Wildman–Crippen MR) is 53.8 cm³/mol. The van der Waals surface area contributed by atoms with Crippen molar-refractivity contribution >= 4 is 11.0 Å². The van der Waals surface area contributed by atoms with Crippen molar-refractivity contribution in [3.05, 3.63) is 40.2 Å². The number of ether oxygens (including phenoxy) is 1. The Morgan fingerprint density at radius 1 is 1.36 bits per heavy atom. The molecule has 3 heteroatoms. The third-order valence-electron chi connectivity index (χ3n) is 2.15. The van der Waals surface area contributed by atoms with Crippen molar-refractivity contribution < 1.29 is 9.15 Å². The summed E-state index contributed by atoms with van der Waals surface area (Å²) < 4.78 is 10.2. The summed E-state index contributed by atoms with van der Waals surface area (Å²) in [6, 6.07) is 6.86. The number of rotatable bonds is 1. The fraction of sp³-hybridized carbons (Fsp3) is 0.182. The zero-order valence-electron chi connectivity index (χ0n) is 8.03. The first-order valence-electron chi connectivity index (χ1n) is 4.30. The van der Waals surface area contributed by atoms with Crippen LogP contribution in [0.2, 0.25) is 0 Å². The van der Waals surface area contributed by atoms with E-state index < -0.39 is 0 Å². The molecule has 0 spiro atoms. The Hall–Kier alpha value is -1.77. The van der Waals surface area contributed by atoms with Gasteiger partial charge in [-0.3, -0.25) is 0 Å². The van der Waals surface area contributed by atoms with Crippen LogP contribution in [0.3, 0.4) is 0 Å². The maximum Gasteiger partial charge on any atom is 0.336 e. The van der Waals surface area contributed by atoms with Crippen LogP contribution in [0.25, 0.3) is 11.0 Å². The van der Waals surface area contributed by atoms with Crippen molar-refractivity contribution in [1.29, 1.82) is 0 Å². The molecule has 0 bridgehead atoms. The van der Waals surface area contributed by atoms with Crippen LogP contribution in [0, 0.1) is 6.92 Å². The van der Waals surface area contributed by atoms with Crippen molar-refractivity contribution in [2.75, 3.05) is 7.11 Å². The second-order valence-corrected chi connectivity index (χ2v) is 3.08. The van der Waals surface area contributed by atoms with Crippen LogP contribution in [-0.2, 0) is 0 Å². The first-order valence-corrected chi connectivity index (χ1v) is 4.30. The molecule has 0 aliphatic carbocycles. The third-order valence-corrected chi connectivity index (χ3v) is 2.15. The van der Waals surface area contributed by atoms with Crippen LogP contribution in [0.15, 0.2) is 33.5 Å². The number of methoxy groups -OCH3 is 1. The average Bonchev–Trinajstić information content (AvgIpc) is 2.16. The van der Waals surface area contributed by atoms with Crippen molar-refractivity contribution in [3.8, 4) is 5.75 Å². The lowest BCUT2D eigenvalue weighted by molar-refractivity contribution is 0.418. The van der Waals surface area contributed by atoms with Crippen molar-refractivity contribution in [3.63, 3.8) is 0 Å². The van der Waals surface area contributed by atoms with Crippen LogP contribution in [0.5, 0.6) is 5.75 Å². The van der Waals surface area contributed by atoms with Crippen LogP contribution in [0.4, 0.5) is 0 Å². The molecule has 14 heavy (non-hydrogen) atoms. The zero-order chi connectivity index (χ0) is 10.1. The van der Waals surface area contributed by atoms with E-state index >= 15 is 0 Å². The Balaban J connectivity index is 2.94. The van der Waals surface area contributed by atoms with Gasteiger partial charge < -0.3 is 9.15 Å².